The number of rotatable bonds is 61. The summed E-state index contributed by atoms with van der Waals surface area (Å²) in [4.78, 5) is 38.2. The maximum Gasteiger partial charge on any atom is 0.306 e. The van der Waals surface area contributed by atoms with Crippen molar-refractivity contribution in [2.75, 3.05) is 13.2 Å². The Bertz CT molecular complexity index is 1610. The summed E-state index contributed by atoms with van der Waals surface area (Å²) >= 11 is 0. The average molecular weight is 1110 g/mol. The van der Waals surface area contributed by atoms with Crippen molar-refractivity contribution in [3.63, 3.8) is 0 Å². The first kappa shape index (κ1) is 76.1. The summed E-state index contributed by atoms with van der Waals surface area (Å²) in [6, 6.07) is 0. The number of carbonyl (C=O) groups is 3. The summed E-state index contributed by atoms with van der Waals surface area (Å²) in [7, 11) is 0. The highest BCUT2D eigenvalue weighted by atomic mass is 16.6. The number of hydrogen-bond acceptors (Lipinski definition) is 6. The normalized spacial score (nSPS) is 12.8. The Morgan fingerprint density at radius 1 is 0.263 bits per heavy atom. The summed E-state index contributed by atoms with van der Waals surface area (Å²) in [6.07, 6.45) is 92.9. The molecule has 0 aliphatic rings. The van der Waals surface area contributed by atoms with Gasteiger partial charge in [0.15, 0.2) is 6.10 Å². The van der Waals surface area contributed by atoms with E-state index in [1.807, 2.05) is 0 Å². The highest BCUT2D eigenvalue weighted by Crippen LogP contribution is 2.17. The SMILES string of the molecule is CC/C=C\C/C=C\C/C=C\C/C=C\C/C=C\CCCC(=O)OC(COC(=O)CCCCCCCCCCCC)COC(=O)CCCCCCCCCCCCCCCCCCCCCCCC/C=C\C/C=C\C/C=C\C/C=C\CC. The monoisotopic (exact) mass is 1110 g/mol. The fourth-order valence-corrected chi connectivity index (χ4v) is 9.53. The predicted octanol–water partition coefficient (Wildman–Crippen LogP) is 23.4. The molecule has 6 heteroatoms. The molecule has 0 fully saturated rings. The van der Waals surface area contributed by atoms with Gasteiger partial charge in [-0.05, 0) is 96.3 Å². The van der Waals surface area contributed by atoms with E-state index in [1.54, 1.807) is 0 Å². The molecule has 1 atom stereocenters. The smallest absolute Gasteiger partial charge is 0.306 e. The second kappa shape index (κ2) is 67.6. The van der Waals surface area contributed by atoms with Gasteiger partial charge in [0, 0.05) is 19.3 Å². The van der Waals surface area contributed by atoms with Crippen molar-refractivity contribution in [3.8, 4) is 0 Å². The minimum Gasteiger partial charge on any atom is -0.462 e. The minimum atomic E-state index is -0.805. The molecule has 0 radical (unpaired) electrons. The van der Waals surface area contributed by atoms with Crippen LogP contribution in [0.2, 0.25) is 0 Å². The van der Waals surface area contributed by atoms with Gasteiger partial charge in [-0.25, -0.2) is 0 Å². The Morgan fingerprint density at radius 2 is 0.500 bits per heavy atom. The highest BCUT2D eigenvalue weighted by molar-refractivity contribution is 5.71. The van der Waals surface area contributed by atoms with Crippen molar-refractivity contribution < 1.29 is 28.6 Å². The van der Waals surface area contributed by atoms with Crippen LogP contribution in [-0.4, -0.2) is 37.2 Å². The van der Waals surface area contributed by atoms with Crippen LogP contribution in [0.4, 0.5) is 0 Å². The number of carbonyl (C=O) groups excluding carboxylic acids is 3. The van der Waals surface area contributed by atoms with Crippen molar-refractivity contribution in [2.45, 2.75) is 329 Å². The fourth-order valence-electron chi connectivity index (χ4n) is 9.53. The Balaban J connectivity index is 4.10. The molecule has 0 aromatic rings. The lowest BCUT2D eigenvalue weighted by molar-refractivity contribution is -0.167. The average Bonchev–Trinajstić information content (AvgIpc) is 3.46. The largest absolute Gasteiger partial charge is 0.462 e. The standard InChI is InChI=1S/C74H126O6/c1-4-7-10-13-16-19-22-24-26-28-29-30-31-32-33-34-35-36-37-38-39-40-41-42-43-44-45-47-48-50-52-55-58-61-64-67-73(76)79-70-71(69-78-72(75)66-63-60-57-54-21-18-15-12-9-6-3)80-74(77)68-65-62-59-56-53-51-49-46-27-25-23-20-17-14-11-8-5-2/h7-8,10-11,16-17,19-20,24-27,29-30,49,51,56,59,71H,4-6,9,12-15,18,21-23,28,31-48,50,52-55,57-58,60-70H2,1-3H3/b10-7-,11-8-,19-16-,20-17-,26-24-,27-25-,30-29-,51-49-,59-56-. The number of allylic oxidation sites excluding steroid dienone is 18. The third kappa shape index (κ3) is 64.9. The van der Waals surface area contributed by atoms with E-state index < -0.39 is 6.10 Å². The molecular formula is C74H126O6. The van der Waals surface area contributed by atoms with E-state index in [9.17, 15) is 14.4 Å². The van der Waals surface area contributed by atoms with Crippen LogP contribution in [0.1, 0.15) is 323 Å². The van der Waals surface area contributed by atoms with Gasteiger partial charge in [0.1, 0.15) is 13.2 Å². The van der Waals surface area contributed by atoms with Crippen LogP contribution in [0.5, 0.6) is 0 Å². The van der Waals surface area contributed by atoms with Gasteiger partial charge >= 0.3 is 17.9 Å². The molecular weight excluding hydrogens is 985 g/mol. The van der Waals surface area contributed by atoms with Crippen LogP contribution in [-0.2, 0) is 28.6 Å². The molecule has 0 saturated carbocycles. The van der Waals surface area contributed by atoms with E-state index in [1.165, 1.54) is 173 Å². The molecule has 0 saturated heterocycles. The van der Waals surface area contributed by atoms with Gasteiger partial charge in [0.05, 0.1) is 0 Å². The number of hydrogen-bond donors (Lipinski definition) is 0. The van der Waals surface area contributed by atoms with Crippen molar-refractivity contribution in [2.24, 2.45) is 0 Å². The fraction of sp³-hybridized carbons (Fsp3) is 0.716. The summed E-state index contributed by atoms with van der Waals surface area (Å²) in [5, 5.41) is 0. The number of esters is 3. The molecule has 1 unspecified atom stereocenters. The topological polar surface area (TPSA) is 78.9 Å². The van der Waals surface area contributed by atoms with Gasteiger partial charge < -0.3 is 14.2 Å². The van der Waals surface area contributed by atoms with Crippen molar-refractivity contribution in [3.05, 3.63) is 109 Å². The van der Waals surface area contributed by atoms with E-state index in [0.29, 0.717) is 19.3 Å². The molecule has 0 heterocycles. The van der Waals surface area contributed by atoms with Gasteiger partial charge in [0.25, 0.3) is 0 Å². The van der Waals surface area contributed by atoms with E-state index in [4.69, 9.17) is 14.2 Å². The molecule has 80 heavy (non-hydrogen) atoms. The van der Waals surface area contributed by atoms with Gasteiger partial charge in [0.2, 0.25) is 0 Å². The molecule has 0 rings (SSSR count). The maximum absolute atomic E-state index is 12.8. The van der Waals surface area contributed by atoms with Gasteiger partial charge in [-0.3, -0.25) is 14.4 Å². The Morgan fingerprint density at radius 3 is 0.800 bits per heavy atom. The maximum atomic E-state index is 12.8. The molecule has 0 spiro atoms. The first-order valence-corrected chi connectivity index (χ1v) is 33.9. The second-order valence-electron chi connectivity index (χ2n) is 22.3. The van der Waals surface area contributed by atoms with E-state index >= 15 is 0 Å². The Hall–Kier alpha value is -3.93. The van der Waals surface area contributed by atoms with Crippen molar-refractivity contribution in [1.82, 2.24) is 0 Å². The van der Waals surface area contributed by atoms with Crippen LogP contribution < -0.4 is 0 Å². The first-order valence-electron chi connectivity index (χ1n) is 33.9. The Labute approximate surface area is 495 Å². The molecule has 0 aliphatic heterocycles. The lowest BCUT2D eigenvalue weighted by atomic mass is 10.0. The molecule has 0 aromatic carbocycles. The highest BCUT2D eigenvalue weighted by Gasteiger charge is 2.19. The van der Waals surface area contributed by atoms with Crippen LogP contribution in [0.25, 0.3) is 0 Å². The molecule has 0 aromatic heterocycles. The lowest BCUT2D eigenvalue weighted by Gasteiger charge is -2.18. The van der Waals surface area contributed by atoms with Crippen molar-refractivity contribution in [1.29, 1.82) is 0 Å². The lowest BCUT2D eigenvalue weighted by Crippen LogP contribution is -2.30. The quantitative estimate of drug-likeness (QED) is 0.0261. The first-order chi connectivity index (χ1) is 39.5. The van der Waals surface area contributed by atoms with Crippen molar-refractivity contribution >= 4 is 17.9 Å². The molecule has 0 aliphatic carbocycles. The third-order valence-electron chi connectivity index (χ3n) is 14.5. The third-order valence-corrected chi connectivity index (χ3v) is 14.5. The summed E-state index contributed by atoms with van der Waals surface area (Å²) in [6.45, 7) is 6.38. The van der Waals surface area contributed by atoms with E-state index in [0.717, 1.165) is 103 Å². The predicted molar refractivity (Wildman–Crippen MR) is 348 cm³/mol. The van der Waals surface area contributed by atoms with Gasteiger partial charge in [-0.1, -0.05) is 316 Å². The Kier molecular flexibility index (Phi) is 64.3. The summed E-state index contributed by atoms with van der Waals surface area (Å²) in [5.74, 6) is -0.946. The number of ether oxygens (including phenoxy) is 3. The zero-order valence-electron chi connectivity index (χ0n) is 52.6. The van der Waals surface area contributed by atoms with Crippen LogP contribution in [0.15, 0.2) is 109 Å². The molecule has 6 nitrogen and oxygen atoms in total. The summed E-state index contributed by atoms with van der Waals surface area (Å²) < 4.78 is 16.8. The number of unbranched alkanes of at least 4 members (excludes halogenated alkanes) is 32. The van der Waals surface area contributed by atoms with E-state index in [-0.39, 0.29) is 37.5 Å². The molecule has 0 N–H and O–H groups in total. The second-order valence-corrected chi connectivity index (χ2v) is 22.3. The zero-order chi connectivity index (χ0) is 57.8. The van der Waals surface area contributed by atoms with Crippen LogP contribution in [0, 0.1) is 0 Å². The van der Waals surface area contributed by atoms with Crippen LogP contribution in [0.3, 0.4) is 0 Å². The zero-order valence-corrected chi connectivity index (χ0v) is 52.6. The molecule has 0 amide bonds. The molecule has 0 bridgehead atoms. The minimum absolute atomic E-state index is 0.0965. The van der Waals surface area contributed by atoms with Gasteiger partial charge in [-0.2, -0.15) is 0 Å². The molecule has 458 valence electrons. The van der Waals surface area contributed by atoms with Gasteiger partial charge in [-0.15, -0.1) is 0 Å². The van der Waals surface area contributed by atoms with E-state index in [2.05, 4.69) is 130 Å². The summed E-state index contributed by atoms with van der Waals surface area (Å²) in [5.41, 5.74) is 0. The van der Waals surface area contributed by atoms with Crippen LogP contribution >= 0.6 is 0 Å².